The molecule has 3 heterocycles. The Bertz CT molecular complexity index is 1420. The van der Waals surface area contributed by atoms with Crippen molar-refractivity contribution < 1.29 is 10.4 Å². The first-order valence-corrected chi connectivity index (χ1v) is 11.7. The topological polar surface area (TPSA) is 29.9 Å². The Morgan fingerprint density at radius 2 is 1.81 bits per heavy atom. The molecule has 0 N–H and O–H groups in total. The quantitative estimate of drug-likeness (QED) is 0.315. The van der Waals surface area contributed by atoms with Gasteiger partial charge in [0.05, 0.1) is 10.9 Å². The zero-order valence-electron chi connectivity index (χ0n) is 21.7. The number of fused-ring (bicyclic) bond motifs is 5. The van der Waals surface area contributed by atoms with Crippen LogP contribution in [-0.4, -0.2) is 4.98 Å². The van der Waals surface area contributed by atoms with E-state index in [1.165, 1.54) is 16.5 Å². The summed E-state index contributed by atoms with van der Waals surface area (Å²) in [5, 5.41) is 2.30. The van der Waals surface area contributed by atoms with Gasteiger partial charge < -0.3 is 4.42 Å². The monoisotopic (exact) mass is 428 g/mol. The molecule has 0 atom stereocenters. The third kappa shape index (κ3) is 3.01. The Morgan fingerprint density at radius 3 is 2.53 bits per heavy atom. The van der Waals surface area contributed by atoms with Crippen LogP contribution in [0.25, 0.3) is 33.3 Å². The maximum absolute atomic E-state index is 8.55. The highest BCUT2D eigenvalue weighted by Crippen LogP contribution is 2.50. The molecule has 32 heavy (non-hydrogen) atoms. The Balaban J connectivity index is 1.89. The molecule has 0 unspecified atom stereocenters. The standard InChI is InChI=1S/C29H35N2O/c1-17(2)19-11-14-31(8)22(15-19)23-18(3)9-10-20-24-25-21(16-30-27(24)32-26(20)23)28(4,5)12-13-29(25,6)7/h9-11,14-17H,12-13H2,1-8H3/q+1/i17D. The maximum atomic E-state index is 8.55. The molecule has 0 bridgehead atoms. The van der Waals surface area contributed by atoms with Gasteiger partial charge in [0.2, 0.25) is 11.4 Å². The van der Waals surface area contributed by atoms with Crippen molar-refractivity contribution in [3.05, 3.63) is 58.9 Å². The van der Waals surface area contributed by atoms with Crippen molar-refractivity contribution in [3.8, 4) is 11.3 Å². The van der Waals surface area contributed by atoms with Crippen molar-refractivity contribution in [1.29, 1.82) is 0 Å². The molecule has 0 radical (unpaired) electrons. The predicted octanol–water partition coefficient (Wildman–Crippen LogP) is 7.25. The van der Waals surface area contributed by atoms with E-state index in [0.29, 0.717) is 0 Å². The van der Waals surface area contributed by atoms with Gasteiger partial charge in [-0.3, -0.25) is 0 Å². The van der Waals surface area contributed by atoms with E-state index in [9.17, 15) is 0 Å². The van der Waals surface area contributed by atoms with Gasteiger partial charge in [0, 0.05) is 25.1 Å². The van der Waals surface area contributed by atoms with E-state index in [2.05, 4.69) is 70.6 Å². The molecule has 0 saturated heterocycles. The smallest absolute Gasteiger partial charge is 0.227 e. The number of hydrogen-bond donors (Lipinski definition) is 0. The average molecular weight is 429 g/mol. The molecule has 3 nitrogen and oxygen atoms in total. The Labute approximate surface area is 192 Å². The summed E-state index contributed by atoms with van der Waals surface area (Å²) in [5.74, 6) is -0.672. The Kier molecular flexibility index (Phi) is 4.31. The Hall–Kier alpha value is -2.68. The number of furan rings is 1. The summed E-state index contributed by atoms with van der Waals surface area (Å²) in [6.07, 6.45) is 6.41. The maximum Gasteiger partial charge on any atom is 0.227 e. The van der Waals surface area contributed by atoms with Gasteiger partial charge >= 0.3 is 0 Å². The van der Waals surface area contributed by atoms with Gasteiger partial charge in [-0.1, -0.05) is 53.7 Å². The fourth-order valence-corrected chi connectivity index (χ4v) is 5.45. The average Bonchev–Trinajstić information content (AvgIpc) is 3.09. The van der Waals surface area contributed by atoms with Crippen LogP contribution in [0.15, 0.2) is 41.1 Å². The second-order valence-electron chi connectivity index (χ2n) is 11.1. The highest BCUT2D eigenvalue weighted by Gasteiger charge is 2.40. The van der Waals surface area contributed by atoms with E-state index in [0.717, 1.165) is 51.9 Å². The van der Waals surface area contributed by atoms with Gasteiger partial charge in [-0.25, -0.2) is 9.55 Å². The molecule has 0 spiro atoms. The van der Waals surface area contributed by atoms with Crippen molar-refractivity contribution in [2.75, 3.05) is 0 Å². The van der Waals surface area contributed by atoms with Gasteiger partial charge in [0.15, 0.2) is 11.8 Å². The van der Waals surface area contributed by atoms with Crippen molar-refractivity contribution in [2.45, 2.75) is 78.0 Å². The number of aryl methyl sites for hydroxylation is 2. The molecule has 0 fully saturated rings. The molecule has 0 amide bonds. The molecule has 166 valence electrons. The molecule has 1 aliphatic rings. The second-order valence-corrected chi connectivity index (χ2v) is 11.1. The summed E-state index contributed by atoms with van der Waals surface area (Å²) in [6, 6.07) is 8.58. The van der Waals surface area contributed by atoms with Crippen molar-refractivity contribution in [2.24, 2.45) is 7.05 Å². The molecule has 1 aliphatic carbocycles. The van der Waals surface area contributed by atoms with Crippen LogP contribution in [0, 0.1) is 6.92 Å². The SMILES string of the molecule is [2H]C(C)(C)c1cc[n+](C)c(-c2c(C)ccc3c2oc2ncc4c(c23)C(C)(C)CCC4(C)C)c1. The minimum absolute atomic E-state index is 0.0632. The van der Waals surface area contributed by atoms with E-state index >= 15 is 0 Å². The van der Waals surface area contributed by atoms with Gasteiger partial charge in [-0.05, 0) is 58.7 Å². The number of nitrogens with zero attached hydrogens (tertiary/aromatic N) is 2. The van der Waals surface area contributed by atoms with E-state index in [1.54, 1.807) is 0 Å². The summed E-state index contributed by atoms with van der Waals surface area (Å²) in [5.41, 5.74) is 8.80. The number of aromatic nitrogens is 2. The molecule has 0 saturated carbocycles. The first kappa shape index (κ1) is 20.0. The Morgan fingerprint density at radius 1 is 1.09 bits per heavy atom. The first-order valence-electron chi connectivity index (χ1n) is 12.2. The second kappa shape index (κ2) is 6.91. The minimum atomic E-state index is -0.672. The highest BCUT2D eigenvalue weighted by molar-refractivity contribution is 6.11. The number of rotatable bonds is 2. The lowest BCUT2D eigenvalue weighted by atomic mass is 9.63. The molecule has 4 aromatic rings. The summed E-state index contributed by atoms with van der Waals surface area (Å²) in [4.78, 5) is 4.83. The molecule has 0 aliphatic heterocycles. The zero-order chi connectivity index (χ0) is 23.9. The van der Waals surface area contributed by atoms with Gasteiger partial charge in [0.1, 0.15) is 7.05 Å². The van der Waals surface area contributed by atoms with E-state index in [1.807, 2.05) is 26.1 Å². The molecule has 3 heteroatoms. The third-order valence-corrected chi connectivity index (χ3v) is 7.64. The van der Waals surface area contributed by atoms with Gasteiger partial charge in [-0.2, -0.15) is 0 Å². The van der Waals surface area contributed by atoms with Crippen LogP contribution in [0.2, 0.25) is 0 Å². The first-order chi connectivity index (χ1) is 15.3. The van der Waals surface area contributed by atoms with Gasteiger partial charge in [-0.15, -0.1) is 0 Å². The summed E-state index contributed by atoms with van der Waals surface area (Å²) < 4.78 is 17.2. The van der Waals surface area contributed by atoms with Crippen LogP contribution in [-0.2, 0) is 17.9 Å². The minimum Gasteiger partial charge on any atom is -0.437 e. The fraction of sp³-hybridized carbons (Fsp3) is 0.448. The van der Waals surface area contributed by atoms with E-state index in [4.69, 9.17) is 10.8 Å². The lowest BCUT2D eigenvalue weighted by molar-refractivity contribution is -0.660. The summed E-state index contributed by atoms with van der Waals surface area (Å²) in [6.45, 7) is 15.4. The number of hydrogen-bond acceptors (Lipinski definition) is 2. The fourth-order valence-electron chi connectivity index (χ4n) is 5.45. The highest BCUT2D eigenvalue weighted by atomic mass is 16.3. The van der Waals surface area contributed by atoms with Crippen LogP contribution < -0.4 is 4.57 Å². The lowest BCUT2D eigenvalue weighted by Gasteiger charge is -2.41. The molecule has 5 rings (SSSR count). The van der Waals surface area contributed by atoms with E-state index in [-0.39, 0.29) is 10.8 Å². The summed E-state index contributed by atoms with van der Waals surface area (Å²) >= 11 is 0. The molecular weight excluding hydrogens is 392 g/mol. The van der Waals surface area contributed by atoms with Gasteiger partial charge in [0.25, 0.3) is 0 Å². The third-order valence-electron chi connectivity index (χ3n) is 7.64. The molecular formula is C29H35N2O+. The van der Waals surface area contributed by atoms with Crippen LogP contribution in [0.3, 0.4) is 0 Å². The number of benzene rings is 1. The summed E-state index contributed by atoms with van der Waals surface area (Å²) in [7, 11) is 2.06. The van der Waals surface area contributed by atoms with Crippen LogP contribution >= 0.6 is 0 Å². The zero-order valence-corrected chi connectivity index (χ0v) is 20.7. The van der Waals surface area contributed by atoms with Crippen molar-refractivity contribution >= 4 is 22.1 Å². The number of pyridine rings is 2. The van der Waals surface area contributed by atoms with E-state index < -0.39 is 5.89 Å². The van der Waals surface area contributed by atoms with Crippen LogP contribution in [0.4, 0.5) is 0 Å². The van der Waals surface area contributed by atoms with Crippen molar-refractivity contribution in [3.63, 3.8) is 0 Å². The lowest BCUT2D eigenvalue weighted by Crippen LogP contribution is -2.34. The van der Waals surface area contributed by atoms with Crippen LogP contribution in [0.5, 0.6) is 0 Å². The molecule has 3 aromatic heterocycles. The van der Waals surface area contributed by atoms with Crippen LogP contribution in [0.1, 0.15) is 83.9 Å². The predicted molar refractivity (Wildman–Crippen MR) is 132 cm³/mol. The largest absolute Gasteiger partial charge is 0.437 e. The normalized spacial score (nSPS) is 18.1. The molecule has 1 aromatic carbocycles. The van der Waals surface area contributed by atoms with Crippen molar-refractivity contribution in [1.82, 2.24) is 4.98 Å².